The summed E-state index contributed by atoms with van der Waals surface area (Å²) in [7, 11) is 0. The second-order valence-electron chi connectivity index (χ2n) is 14.6. The number of nitrogen functional groups attached to an aromatic ring is 2. The maximum atomic E-state index is 6.32. The molecule has 0 saturated heterocycles. The lowest BCUT2D eigenvalue weighted by molar-refractivity contribution is -0.0712. The normalized spacial score (nSPS) is 40.5. The Kier molecular flexibility index (Phi) is 7.29. The van der Waals surface area contributed by atoms with E-state index in [0.29, 0.717) is 10.8 Å². The Morgan fingerprint density at radius 3 is 2.39 bits per heavy atom. The van der Waals surface area contributed by atoms with E-state index >= 15 is 0 Å². The maximum Gasteiger partial charge on any atom is 0.0367 e. The summed E-state index contributed by atoms with van der Waals surface area (Å²) in [5, 5.41) is 0. The monoisotopic (exact) mass is 490 g/mol. The van der Waals surface area contributed by atoms with Crippen LogP contribution < -0.4 is 11.5 Å². The van der Waals surface area contributed by atoms with Gasteiger partial charge in [-0.2, -0.15) is 0 Å². The molecule has 0 aliphatic heterocycles. The van der Waals surface area contributed by atoms with E-state index in [0.717, 1.165) is 65.1 Å². The largest absolute Gasteiger partial charge is 0.399 e. The lowest BCUT2D eigenvalue weighted by Crippen LogP contribution is -2.52. The van der Waals surface area contributed by atoms with E-state index in [1.165, 1.54) is 69.8 Å². The number of rotatable bonds is 7. The van der Waals surface area contributed by atoms with Gasteiger partial charge in [0, 0.05) is 11.4 Å². The minimum absolute atomic E-state index is 0.491. The minimum atomic E-state index is 0.491. The zero-order chi connectivity index (χ0) is 25.7. The molecule has 2 nitrogen and oxygen atoms in total. The molecule has 0 amide bonds. The fraction of sp³-hybridized carbons (Fsp3) is 0.765. The average molecular weight is 491 g/mol. The molecule has 3 saturated carbocycles. The van der Waals surface area contributed by atoms with Crippen LogP contribution in [-0.2, 0) is 6.42 Å². The minimum Gasteiger partial charge on any atom is -0.399 e. The zero-order valence-corrected chi connectivity index (χ0v) is 23.9. The summed E-state index contributed by atoms with van der Waals surface area (Å²) in [5.41, 5.74) is 16.3. The highest BCUT2D eigenvalue weighted by Crippen LogP contribution is 2.67. The highest BCUT2D eigenvalue weighted by Gasteiger charge is 2.59. The van der Waals surface area contributed by atoms with Gasteiger partial charge < -0.3 is 11.5 Å². The molecule has 4 aliphatic rings. The Morgan fingerprint density at radius 1 is 0.889 bits per heavy atom. The van der Waals surface area contributed by atoms with Gasteiger partial charge in [0.2, 0.25) is 0 Å². The van der Waals surface area contributed by atoms with Gasteiger partial charge in [-0.3, -0.25) is 0 Å². The summed E-state index contributed by atoms with van der Waals surface area (Å²) in [6.45, 7) is 12.7. The van der Waals surface area contributed by atoms with Crippen LogP contribution in [0.2, 0.25) is 0 Å². The van der Waals surface area contributed by atoms with E-state index in [9.17, 15) is 0 Å². The summed E-state index contributed by atoms with van der Waals surface area (Å²) in [6.07, 6.45) is 20.8. The number of hydrogen-bond acceptors (Lipinski definition) is 2. The van der Waals surface area contributed by atoms with Gasteiger partial charge in [0.1, 0.15) is 0 Å². The van der Waals surface area contributed by atoms with Gasteiger partial charge in [0.05, 0.1) is 0 Å². The van der Waals surface area contributed by atoms with Crippen LogP contribution in [0.1, 0.15) is 104 Å². The van der Waals surface area contributed by atoms with E-state index in [1.807, 2.05) is 12.1 Å². The summed E-state index contributed by atoms with van der Waals surface area (Å²) < 4.78 is 0. The molecule has 1 aromatic rings. The van der Waals surface area contributed by atoms with Crippen LogP contribution >= 0.6 is 0 Å². The van der Waals surface area contributed by atoms with Crippen molar-refractivity contribution in [3.05, 3.63) is 35.9 Å². The quantitative estimate of drug-likeness (QED) is 0.296. The fourth-order valence-corrected chi connectivity index (χ4v) is 10.0. The van der Waals surface area contributed by atoms with E-state index in [-0.39, 0.29) is 0 Å². The standard InChI is InChI=1S/C34H54N2/c1-22(2)7-6-8-23(3)29-13-14-30-28-12-10-26-20-24(19-25-9-11-27(35)21-32(25)36)15-17-33(26,4)31(28)16-18-34(29,30)5/h9-12,21-24,26,28-31H,6-8,13-20,35-36H2,1-5H3. The van der Waals surface area contributed by atoms with Crippen LogP contribution in [0.5, 0.6) is 0 Å². The van der Waals surface area contributed by atoms with Crippen molar-refractivity contribution in [1.82, 2.24) is 0 Å². The van der Waals surface area contributed by atoms with Gasteiger partial charge in [-0.15, -0.1) is 0 Å². The molecule has 0 heterocycles. The van der Waals surface area contributed by atoms with Gasteiger partial charge in [-0.05, 0) is 127 Å². The van der Waals surface area contributed by atoms with Crippen LogP contribution in [0.4, 0.5) is 11.4 Å². The highest BCUT2D eigenvalue weighted by molar-refractivity contribution is 5.56. The number of hydrogen-bond donors (Lipinski definition) is 2. The van der Waals surface area contributed by atoms with Crippen LogP contribution in [0.3, 0.4) is 0 Å². The molecule has 0 bridgehead atoms. The van der Waals surface area contributed by atoms with Crippen molar-refractivity contribution in [2.24, 2.45) is 58.2 Å². The van der Waals surface area contributed by atoms with Gasteiger partial charge in [-0.25, -0.2) is 0 Å². The van der Waals surface area contributed by atoms with Crippen molar-refractivity contribution in [3.63, 3.8) is 0 Å². The first-order valence-electron chi connectivity index (χ1n) is 15.4. The molecule has 36 heavy (non-hydrogen) atoms. The molecule has 2 heteroatoms. The van der Waals surface area contributed by atoms with E-state index < -0.39 is 0 Å². The molecular weight excluding hydrogens is 436 g/mol. The first-order valence-corrected chi connectivity index (χ1v) is 15.4. The van der Waals surface area contributed by atoms with E-state index in [1.54, 1.807) is 0 Å². The Labute approximate surface area is 222 Å². The predicted molar refractivity (Wildman–Crippen MR) is 155 cm³/mol. The Hall–Kier alpha value is -1.44. The second kappa shape index (κ2) is 10.0. The third-order valence-corrected chi connectivity index (χ3v) is 12.2. The maximum absolute atomic E-state index is 6.32. The van der Waals surface area contributed by atoms with Crippen molar-refractivity contribution in [1.29, 1.82) is 0 Å². The SMILES string of the molecule is CC(C)CCCC(C)C1CCC2C3C=CC4CC(Cc5ccc(N)cc5N)CCC4(C)C3CCC12C. The van der Waals surface area contributed by atoms with Crippen molar-refractivity contribution < 1.29 is 0 Å². The molecule has 4 N–H and O–H groups in total. The van der Waals surface area contributed by atoms with E-state index in [4.69, 9.17) is 11.5 Å². The fourth-order valence-electron chi connectivity index (χ4n) is 10.0. The molecular formula is C34H54N2. The van der Waals surface area contributed by atoms with Crippen molar-refractivity contribution in [2.45, 2.75) is 105 Å². The molecule has 9 atom stereocenters. The average Bonchev–Trinajstić information content (AvgIpc) is 3.18. The molecule has 200 valence electrons. The Bertz CT molecular complexity index is 949. The van der Waals surface area contributed by atoms with Crippen LogP contribution in [0.15, 0.2) is 30.4 Å². The summed E-state index contributed by atoms with van der Waals surface area (Å²) in [6, 6.07) is 6.11. The van der Waals surface area contributed by atoms with Crippen molar-refractivity contribution >= 4 is 11.4 Å². The van der Waals surface area contributed by atoms with Gasteiger partial charge >= 0.3 is 0 Å². The molecule has 0 spiro atoms. The molecule has 1 aromatic carbocycles. The van der Waals surface area contributed by atoms with Crippen LogP contribution in [0.25, 0.3) is 0 Å². The van der Waals surface area contributed by atoms with Crippen molar-refractivity contribution in [3.8, 4) is 0 Å². The molecule has 0 radical (unpaired) electrons. The predicted octanol–water partition coefficient (Wildman–Crippen LogP) is 8.91. The lowest BCUT2D eigenvalue weighted by Gasteiger charge is -2.59. The molecule has 4 aliphatic carbocycles. The third kappa shape index (κ3) is 4.64. The van der Waals surface area contributed by atoms with Crippen LogP contribution in [-0.4, -0.2) is 0 Å². The Morgan fingerprint density at radius 2 is 1.64 bits per heavy atom. The van der Waals surface area contributed by atoms with Crippen LogP contribution in [0, 0.1) is 58.2 Å². The Balaban J connectivity index is 1.27. The summed E-state index contributed by atoms with van der Waals surface area (Å²) in [4.78, 5) is 0. The molecule has 9 unspecified atom stereocenters. The third-order valence-electron chi connectivity index (χ3n) is 12.2. The summed E-state index contributed by atoms with van der Waals surface area (Å²) in [5.74, 6) is 6.79. The summed E-state index contributed by atoms with van der Waals surface area (Å²) >= 11 is 0. The smallest absolute Gasteiger partial charge is 0.0367 e. The van der Waals surface area contributed by atoms with Gasteiger partial charge in [-0.1, -0.05) is 72.1 Å². The molecule has 0 aromatic heterocycles. The number of anilines is 2. The second-order valence-corrected chi connectivity index (χ2v) is 14.6. The zero-order valence-electron chi connectivity index (χ0n) is 23.9. The lowest BCUT2D eigenvalue weighted by atomic mass is 9.45. The molecule has 5 rings (SSSR count). The molecule has 3 fully saturated rings. The number of benzene rings is 1. The number of allylic oxidation sites excluding steroid dienone is 2. The van der Waals surface area contributed by atoms with Gasteiger partial charge in [0.15, 0.2) is 0 Å². The first-order chi connectivity index (χ1) is 17.1. The van der Waals surface area contributed by atoms with Crippen molar-refractivity contribution in [2.75, 3.05) is 11.5 Å². The number of fused-ring (bicyclic) bond motifs is 5. The van der Waals surface area contributed by atoms with Gasteiger partial charge in [0.25, 0.3) is 0 Å². The number of nitrogens with two attached hydrogens (primary N) is 2. The highest BCUT2D eigenvalue weighted by atomic mass is 14.6. The topological polar surface area (TPSA) is 52.0 Å². The van der Waals surface area contributed by atoms with E-state index in [2.05, 4.69) is 52.8 Å². The first kappa shape index (κ1) is 26.2.